The van der Waals surface area contributed by atoms with Crippen LogP contribution in [0.2, 0.25) is 5.02 Å². The number of aromatic nitrogens is 3. The first-order valence-corrected chi connectivity index (χ1v) is 7.88. The molecule has 26 heavy (non-hydrogen) atoms. The first kappa shape index (κ1) is 16.7. The second kappa shape index (κ2) is 5.63. The lowest BCUT2D eigenvalue weighted by Gasteiger charge is -2.07. The fraction of sp³-hybridized carbons (Fsp3) is 0.118. The van der Waals surface area contributed by atoms with E-state index in [2.05, 4.69) is 15.3 Å². The summed E-state index contributed by atoms with van der Waals surface area (Å²) in [5, 5.41) is 4.32. The Morgan fingerprint density at radius 1 is 1.19 bits per heavy atom. The minimum absolute atomic E-state index is 0.0154. The molecule has 0 saturated heterocycles. The first-order valence-electron chi connectivity index (χ1n) is 7.51. The number of rotatable bonds is 2. The van der Waals surface area contributed by atoms with Crippen LogP contribution in [0.5, 0.6) is 0 Å². The number of H-pyrrole nitrogens is 1. The Labute approximate surface area is 149 Å². The summed E-state index contributed by atoms with van der Waals surface area (Å²) in [5.74, 6) is -0.779. The second-order valence-electron chi connectivity index (χ2n) is 5.84. The fourth-order valence-corrected chi connectivity index (χ4v) is 3.06. The van der Waals surface area contributed by atoms with Crippen molar-refractivity contribution in [3.05, 3.63) is 52.9 Å². The van der Waals surface area contributed by atoms with E-state index in [4.69, 9.17) is 11.6 Å². The van der Waals surface area contributed by atoms with E-state index in [0.717, 1.165) is 17.0 Å². The molecular weight excluding hydrogens is 372 g/mol. The van der Waals surface area contributed by atoms with E-state index in [9.17, 15) is 17.6 Å². The van der Waals surface area contributed by atoms with Gasteiger partial charge in [-0.05, 0) is 30.3 Å². The van der Waals surface area contributed by atoms with E-state index in [1.807, 2.05) is 0 Å². The number of imidazole rings is 1. The molecular formula is C17H11ClF4N4. The van der Waals surface area contributed by atoms with E-state index in [0.29, 0.717) is 16.8 Å². The highest BCUT2D eigenvalue weighted by atomic mass is 35.5. The molecule has 0 aliphatic carbocycles. The number of hydrogen-bond donors (Lipinski definition) is 2. The van der Waals surface area contributed by atoms with Crippen molar-refractivity contribution in [2.75, 3.05) is 5.32 Å². The van der Waals surface area contributed by atoms with Crippen LogP contribution in [0, 0.1) is 5.82 Å². The minimum Gasteiger partial charge on any atom is -0.359 e. The zero-order chi connectivity index (χ0) is 18.6. The van der Waals surface area contributed by atoms with Gasteiger partial charge in [-0.15, -0.1) is 0 Å². The predicted octanol–water partition coefficient (Wildman–Crippen LogP) is 5.61. The third-order valence-corrected chi connectivity index (χ3v) is 4.38. The van der Waals surface area contributed by atoms with Gasteiger partial charge in [0.25, 0.3) is 0 Å². The largest absolute Gasteiger partial charge is 0.416 e. The summed E-state index contributed by atoms with van der Waals surface area (Å²) in [7, 11) is 1.52. The van der Waals surface area contributed by atoms with Crippen LogP contribution in [-0.4, -0.2) is 14.5 Å². The predicted molar refractivity (Wildman–Crippen MR) is 92.3 cm³/mol. The van der Waals surface area contributed by atoms with Gasteiger partial charge in [0.15, 0.2) is 0 Å². The molecule has 0 spiro atoms. The molecule has 0 amide bonds. The highest BCUT2D eigenvalue weighted by molar-refractivity contribution is 6.31. The van der Waals surface area contributed by atoms with Gasteiger partial charge in [0.05, 0.1) is 16.8 Å². The molecule has 0 unspecified atom stereocenters. The van der Waals surface area contributed by atoms with Crippen molar-refractivity contribution in [2.45, 2.75) is 6.18 Å². The smallest absolute Gasteiger partial charge is 0.359 e. The van der Waals surface area contributed by atoms with Crippen LogP contribution in [0.15, 0.2) is 36.5 Å². The molecule has 0 bridgehead atoms. The third-order valence-electron chi connectivity index (χ3n) is 4.14. The number of nitrogens with one attached hydrogen (secondary N) is 2. The van der Waals surface area contributed by atoms with Crippen LogP contribution in [-0.2, 0) is 13.2 Å². The van der Waals surface area contributed by atoms with E-state index in [-0.39, 0.29) is 17.0 Å². The molecule has 2 heterocycles. The first-order chi connectivity index (χ1) is 12.2. The van der Waals surface area contributed by atoms with Gasteiger partial charge in [0, 0.05) is 29.2 Å². The summed E-state index contributed by atoms with van der Waals surface area (Å²) in [6, 6.07) is 6.57. The van der Waals surface area contributed by atoms with Crippen molar-refractivity contribution < 1.29 is 17.6 Å². The summed E-state index contributed by atoms with van der Waals surface area (Å²) >= 11 is 6.01. The lowest BCUT2D eigenvalue weighted by atomic mass is 10.2. The summed E-state index contributed by atoms with van der Waals surface area (Å²) < 4.78 is 54.3. The van der Waals surface area contributed by atoms with Gasteiger partial charge in [0.2, 0.25) is 5.95 Å². The van der Waals surface area contributed by atoms with Crippen molar-refractivity contribution in [1.29, 1.82) is 0 Å². The molecule has 0 radical (unpaired) electrons. The number of benzene rings is 2. The van der Waals surface area contributed by atoms with E-state index < -0.39 is 17.6 Å². The van der Waals surface area contributed by atoms with Crippen LogP contribution >= 0.6 is 11.6 Å². The molecule has 4 nitrogen and oxygen atoms in total. The molecule has 0 aliphatic heterocycles. The maximum Gasteiger partial charge on any atom is 0.416 e. The molecule has 2 aromatic carbocycles. The molecule has 4 aromatic rings. The molecule has 0 aliphatic rings. The number of aromatic amines is 1. The van der Waals surface area contributed by atoms with Crippen molar-refractivity contribution in [1.82, 2.24) is 14.5 Å². The number of nitrogens with zero attached hydrogens (tertiary/aromatic N) is 2. The van der Waals surface area contributed by atoms with E-state index >= 15 is 0 Å². The van der Waals surface area contributed by atoms with Crippen LogP contribution in [0.4, 0.5) is 29.2 Å². The number of alkyl halides is 3. The van der Waals surface area contributed by atoms with Crippen molar-refractivity contribution in [3.63, 3.8) is 0 Å². The number of anilines is 2. The van der Waals surface area contributed by atoms with Crippen LogP contribution in [0.1, 0.15) is 5.56 Å². The highest BCUT2D eigenvalue weighted by Gasteiger charge is 2.32. The number of hydrogen-bond acceptors (Lipinski definition) is 2. The summed E-state index contributed by atoms with van der Waals surface area (Å²) in [6.45, 7) is 0. The SMILES string of the molecule is Cn1c(Nc2c[nH]c3ccc(Cl)cc23)nc2cc(C(F)(F)F)cc(F)c21. The Bertz CT molecular complexity index is 1140. The van der Waals surface area contributed by atoms with Gasteiger partial charge in [-0.1, -0.05) is 11.6 Å². The summed E-state index contributed by atoms with van der Waals surface area (Å²) in [5.41, 5.74) is 0.267. The topological polar surface area (TPSA) is 45.6 Å². The monoisotopic (exact) mass is 382 g/mol. The van der Waals surface area contributed by atoms with Crippen LogP contribution < -0.4 is 5.32 Å². The van der Waals surface area contributed by atoms with Crippen molar-refractivity contribution in [3.8, 4) is 0 Å². The maximum atomic E-state index is 14.2. The maximum absolute atomic E-state index is 14.2. The normalized spacial score (nSPS) is 12.2. The van der Waals surface area contributed by atoms with Crippen molar-refractivity contribution in [2.24, 2.45) is 7.05 Å². The minimum atomic E-state index is -4.65. The zero-order valence-corrected chi connectivity index (χ0v) is 14.0. The van der Waals surface area contributed by atoms with Gasteiger partial charge in [0.1, 0.15) is 11.3 Å². The van der Waals surface area contributed by atoms with E-state index in [1.54, 1.807) is 24.4 Å². The number of aryl methyl sites for hydroxylation is 1. The van der Waals surface area contributed by atoms with Crippen LogP contribution in [0.25, 0.3) is 21.9 Å². The molecule has 134 valence electrons. The molecule has 2 N–H and O–H groups in total. The van der Waals surface area contributed by atoms with Gasteiger partial charge in [-0.25, -0.2) is 9.37 Å². The van der Waals surface area contributed by atoms with Gasteiger partial charge >= 0.3 is 6.18 Å². The third kappa shape index (κ3) is 2.66. The van der Waals surface area contributed by atoms with Gasteiger partial charge < -0.3 is 14.9 Å². The Morgan fingerprint density at radius 3 is 2.69 bits per heavy atom. The average Bonchev–Trinajstić information content (AvgIpc) is 3.09. The Kier molecular flexibility index (Phi) is 3.62. The van der Waals surface area contributed by atoms with Crippen LogP contribution in [0.3, 0.4) is 0 Å². The second-order valence-corrected chi connectivity index (χ2v) is 6.27. The summed E-state index contributed by atoms with van der Waals surface area (Å²) in [6.07, 6.45) is -2.97. The summed E-state index contributed by atoms with van der Waals surface area (Å²) in [4.78, 5) is 7.16. The molecule has 0 fully saturated rings. The molecule has 4 rings (SSSR count). The molecule has 2 aromatic heterocycles. The zero-order valence-electron chi connectivity index (χ0n) is 13.2. The molecule has 9 heteroatoms. The fourth-order valence-electron chi connectivity index (χ4n) is 2.89. The number of halogens is 5. The molecule has 0 saturated carbocycles. The quantitative estimate of drug-likeness (QED) is 0.443. The Morgan fingerprint density at radius 2 is 1.96 bits per heavy atom. The van der Waals surface area contributed by atoms with Crippen molar-refractivity contribution >= 4 is 45.2 Å². The lowest BCUT2D eigenvalue weighted by Crippen LogP contribution is -2.05. The Hall–Kier alpha value is -2.74. The average molecular weight is 383 g/mol. The van der Waals surface area contributed by atoms with E-state index in [1.165, 1.54) is 11.6 Å². The van der Waals surface area contributed by atoms with Gasteiger partial charge in [-0.3, -0.25) is 0 Å². The van der Waals surface area contributed by atoms with Gasteiger partial charge in [-0.2, -0.15) is 13.2 Å². The number of fused-ring (bicyclic) bond motifs is 2. The standard InChI is InChI=1S/C17H11ClF4N4/c1-26-15-11(19)4-8(17(20,21)22)5-13(15)24-16(26)25-14-7-23-12-3-2-9(18)6-10(12)14/h2-7,23H,1H3,(H,24,25). The lowest BCUT2D eigenvalue weighted by molar-refractivity contribution is -0.137. The molecule has 0 atom stereocenters. The Balaban J connectivity index is 1.83. The highest BCUT2D eigenvalue weighted by Crippen LogP contribution is 2.34.